The molecule has 2 saturated carbocycles. The van der Waals surface area contributed by atoms with Gasteiger partial charge in [-0.25, -0.2) is 0 Å². The second kappa shape index (κ2) is 5.92. The molecule has 15 heavy (non-hydrogen) atoms. The van der Waals surface area contributed by atoms with E-state index < -0.39 is 0 Å². The zero-order valence-electron chi connectivity index (χ0n) is 10.5. The fourth-order valence-corrected chi connectivity index (χ4v) is 3.35. The van der Waals surface area contributed by atoms with E-state index in [-0.39, 0.29) is 0 Å². The Balaban J connectivity index is 1.59. The fourth-order valence-electron chi connectivity index (χ4n) is 3.35. The maximum Gasteiger partial charge on any atom is -0.0386 e. The highest BCUT2D eigenvalue weighted by atomic mass is 14.3. The average molecular weight is 208 g/mol. The third kappa shape index (κ3) is 3.23. The minimum Gasteiger partial charge on any atom is -0.0654 e. The van der Waals surface area contributed by atoms with Gasteiger partial charge in [-0.3, -0.25) is 0 Å². The molecule has 0 aromatic rings. The first kappa shape index (κ1) is 11.5. The molecule has 0 saturated heterocycles. The Morgan fingerprint density at radius 2 is 1.73 bits per heavy atom. The van der Waals surface area contributed by atoms with Crippen molar-refractivity contribution in [2.75, 3.05) is 0 Å². The van der Waals surface area contributed by atoms with Gasteiger partial charge in [0.1, 0.15) is 0 Å². The first-order valence-corrected chi connectivity index (χ1v) is 7.40. The van der Waals surface area contributed by atoms with Crippen LogP contribution in [0.15, 0.2) is 0 Å². The van der Waals surface area contributed by atoms with Gasteiger partial charge in [0.15, 0.2) is 0 Å². The van der Waals surface area contributed by atoms with Crippen LogP contribution in [0.5, 0.6) is 0 Å². The van der Waals surface area contributed by atoms with Crippen LogP contribution < -0.4 is 0 Å². The quantitative estimate of drug-likeness (QED) is 0.541. The summed E-state index contributed by atoms with van der Waals surface area (Å²) in [7, 11) is 0. The van der Waals surface area contributed by atoms with Gasteiger partial charge >= 0.3 is 0 Å². The Bertz CT molecular complexity index is 165. The number of hydrogen-bond acceptors (Lipinski definition) is 0. The molecular weight excluding hydrogens is 180 g/mol. The van der Waals surface area contributed by atoms with Crippen LogP contribution in [0, 0.1) is 17.8 Å². The van der Waals surface area contributed by atoms with Crippen molar-refractivity contribution in [2.45, 2.75) is 77.6 Å². The van der Waals surface area contributed by atoms with Crippen LogP contribution in [0.1, 0.15) is 77.6 Å². The molecule has 0 heteroatoms. The fraction of sp³-hybridized carbons (Fsp3) is 1.00. The summed E-state index contributed by atoms with van der Waals surface area (Å²) < 4.78 is 0. The van der Waals surface area contributed by atoms with Crippen LogP contribution in [-0.2, 0) is 0 Å². The largest absolute Gasteiger partial charge is 0.0654 e. The first-order chi connectivity index (χ1) is 7.40. The molecule has 0 bridgehead atoms. The monoisotopic (exact) mass is 208 g/mol. The van der Waals surface area contributed by atoms with Gasteiger partial charge in [0.2, 0.25) is 0 Å². The molecule has 0 N–H and O–H groups in total. The molecule has 1 unspecified atom stereocenters. The molecule has 1 atom stereocenters. The Hall–Kier alpha value is 0. The SMILES string of the molecule is CCCC(CCCC1CCC1)C1CCC1. The minimum absolute atomic E-state index is 1.10. The number of hydrogen-bond donors (Lipinski definition) is 0. The average Bonchev–Trinajstić information content (AvgIpc) is 2.06. The van der Waals surface area contributed by atoms with Crippen LogP contribution >= 0.6 is 0 Å². The van der Waals surface area contributed by atoms with Crippen molar-refractivity contribution in [2.24, 2.45) is 17.8 Å². The van der Waals surface area contributed by atoms with Crippen molar-refractivity contribution < 1.29 is 0 Å². The first-order valence-electron chi connectivity index (χ1n) is 7.40. The molecule has 0 nitrogen and oxygen atoms in total. The van der Waals surface area contributed by atoms with E-state index in [4.69, 9.17) is 0 Å². The lowest BCUT2D eigenvalue weighted by molar-refractivity contribution is 0.174. The van der Waals surface area contributed by atoms with Gasteiger partial charge in [-0.1, -0.05) is 77.6 Å². The van der Waals surface area contributed by atoms with Gasteiger partial charge in [-0.2, -0.15) is 0 Å². The van der Waals surface area contributed by atoms with Gasteiger partial charge in [0, 0.05) is 0 Å². The molecule has 2 fully saturated rings. The topological polar surface area (TPSA) is 0 Å². The van der Waals surface area contributed by atoms with E-state index in [9.17, 15) is 0 Å². The van der Waals surface area contributed by atoms with E-state index in [0.717, 1.165) is 17.8 Å². The van der Waals surface area contributed by atoms with Crippen LogP contribution in [0.2, 0.25) is 0 Å². The third-order valence-corrected chi connectivity index (χ3v) is 4.89. The van der Waals surface area contributed by atoms with Gasteiger partial charge in [-0.05, 0) is 17.8 Å². The molecule has 0 radical (unpaired) electrons. The normalized spacial score (nSPS) is 24.6. The second-order valence-corrected chi connectivity index (χ2v) is 5.97. The van der Waals surface area contributed by atoms with Gasteiger partial charge in [-0.15, -0.1) is 0 Å². The van der Waals surface area contributed by atoms with E-state index in [0.29, 0.717) is 0 Å². The van der Waals surface area contributed by atoms with E-state index in [1.807, 2.05) is 0 Å². The summed E-state index contributed by atoms with van der Waals surface area (Å²) in [5.41, 5.74) is 0. The Labute approximate surface area is 95.8 Å². The van der Waals surface area contributed by atoms with Crippen LogP contribution in [0.4, 0.5) is 0 Å². The molecule has 2 aliphatic rings. The molecule has 2 rings (SSSR count). The zero-order valence-corrected chi connectivity index (χ0v) is 10.5. The summed E-state index contributed by atoms with van der Waals surface area (Å²) >= 11 is 0. The summed E-state index contributed by atoms with van der Waals surface area (Å²) in [6, 6.07) is 0. The van der Waals surface area contributed by atoms with Crippen molar-refractivity contribution in [1.82, 2.24) is 0 Å². The van der Waals surface area contributed by atoms with Crippen LogP contribution in [0.3, 0.4) is 0 Å². The highest BCUT2D eigenvalue weighted by Gasteiger charge is 2.26. The van der Waals surface area contributed by atoms with Gasteiger partial charge < -0.3 is 0 Å². The predicted octanol–water partition coefficient (Wildman–Crippen LogP) is 5.17. The maximum atomic E-state index is 2.36. The molecule has 0 aromatic carbocycles. The van der Waals surface area contributed by atoms with Crippen molar-refractivity contribution in [3.05, 3.63) is 0 Å². The summed E-state index contributed by atoms with van der Waals surface area (Å²) in [5.74, 6) is 3.36. The Kier molecular flexibility index (Phi) is 4.53. The predicted molar refractivity (Wildman–Crippen MR) is 66.9 cm³/mol. The van der Waals surface area contributed by atoms with Crippen molar-refractivity contribution >= 4 is 0 Å². The smallest absolute Gasteiger partial charge is 0.0386 e. The summed E-state index contributed by atoms with van der Waals surface area (Å²) in [4.78, 5) is 0. The van der Waals surface area contributed by atoms with Crippen LogP contribution in [-0.4, -0.2) is 0 Å². The van der Waals surface area contributed by atoms with Gasteiger partial charge in [0.05, 0.1) is 0 Å². The maximum absolute atomic E-state index is 2.36. The van der Waals surface area contributed by atoms with Crippen molar-refractivity contribution in [3.8, 4) is 0 Å². The molecule has 0 spiro atoms. The minimum atomic E-state index is 1.10. The second-order valence-electron chi connectivity index (χ2n) is 5.97. The summed E-state index contributed by atoms with van der Waals surface area (Å²) in [6.45, 7) is 2.36. The van der Waals surface area contributed by atoms with Crippen molar-refractivity contribution in [1.29, 1.82) is 0 Å². The lowest BCUT2D eigenvalue weighted by atomic mass is 9.71. The Morgan fingerprint density at radius 1 is 1.00 bits per heavy atom. The zero-order chi connectivity index (χ0) is 10.5. The number of rotatable bonds is 7. The molecule has 2 aliphatic carbocycles. The van der Waals surface area contributed by atoms with Crippen molar-refractivity contribution in [3.63, 3.8) is 0 Å². The van der Waals surface area contributed by atoms with E-state index in [1.54, 1.807) is 38.5 Å². The molecule has 88 valence electrons. The molecular formula is C15H28. The lowest BCUT2D eigenvalue weighted by Crippen LogP contribution is -2.22. The molecule has 0 amide bonds. The highest BCUT2D eigenvalue weighted by molar-refractivity contribution is 4.78. The third-order valence-electron chi connectivity index (χ3n) is 4.89. The Morgan fingerprint density at radius 3 is 2.20 bits per heavy atom. The molecule has 0 aliphatic heterocycles. The highest BCUT2D eigenvalue weighted by Crippen LogP contribution is 2.39. The standard InChI is InChI=1S/C15H28/c1-2-6-14(15-11-5-12-15)10-4-9-13-7-3-8-13/h13-15H,2-12H2,1H3. The van der Waals surface area contributed by atoms with E-state index >= 15 is 0 Å². The lowest BCUT2D eigenvalue weighted by Gasteiger charge is -2.34. The summed E-state index contributed by atoms with van der Waals surface area (Å²) in [5, 5.41) is 0. The molecule has 0 aromatic heterocycles. The van der Waals surface area contributed by atoms with E-state index in [2.05, 4.69) is 6.92 Å². The van der Waals surface area contributed by atoms with E-state index in [1.165, 1.54) is 32.1 Å². The van der Waals surface area contributed by atoms with Crippen LogP contribution in [0.25, 0.3) is 0 Å². The molecule has 0 heterocycles. The summed E-state index contributed by atoms with van der Waals surface area (Å²) in [6.07, 6.45) is 16.8. The van der Waals surface area contributed by atoms with Gasteiger partial charge in [0.25, 0.3) is 0 Å².